The van der Waals surface area contributed by atoms with E-state index >= 15 is 0 Å². The summed E-state index contributed by atoms with van der Waals surface area (Å²) in [6, 6.07) is 0. The zero-order valence-corrected chi connectivity index (χ0v) is 13.0. The molecule has 4 rings (SSSR count). The van der Waals surface area contributed by atoms with Gasteiger partial charge >= 0.3 is 0 Å². The summed E-state index contributed by atoms with van der Waals surface area (Å²) >= 11 is 0. The number of nitrogens with zero attached hydrogens (tertiary/aromatic N) is 1. The van der Waals surface area contributed by atoms with Gasteiger partial charge in [-0.05, 0) is 81.5 Å². The Morgan fingerprint density at radius 1 is 0.700 bits per heavy atom. The Kier molecular flexibility index (Phi) is 2.48. The summed E-state index contributed by atoms with van der Waals surface area (Å²) < 4.78 is -0.0504. The Balaban J connectivity index is 1.91. The fourth-order valence-corrected chi connectivity index (χ4v) is 4.61. The first kappa shape index (κ1) is 12.8. The first-order valence-corrected chi connectivity index (χ1v) is 8.16. The molecule has 108 valence electrons. The normalized spacial score (nSPS) is 22.8. The molecule has 1 aromatic rings. The van der Waals surface area contributed by atoms with Gasteiger partial charge in [0.15, 0.2) is 0 Å². The maximum absolute atomic E-state index is 13.3. The first-order valence-electron chi connectivity index (χ1n) is 8.16. The molecule has 0 atom stereocenters. The van der Waals surface area contributed by atoms with Gasteiger partial charge in [0.2, 0.25) is 0 Å². The van der Waals surface area contributed by atoms with Crippen LogP contribution in [-0.4, -0.2) is 10.2 Å². The SMILES string of the molecule is CC(C)(C)[N+]1([O-])Cc2c3c(c4c(c2C1)CCC4)CCC3. The van der Waals surface area contributed by atoms with Gasteiger partial charge in [-0.1, -0.05) is 0 Å². The average Bonchev–Trinajstić information content (AvgIpc) is 3.02. The van der Waals surface area contributed by atoms with E-state index in [1.54, 1.807) is 22.3 Å². The van der Waals surface area contributed by atoms with Crippen LogP contribution >= 0.6 is 0 Å². The van der Waals surface area contributed by atoms with Crippen molar-refractivity contribution in [2.24, 2.45) is 0 Å². The summed E-state index contributed by atoms with van der Waals surface area (Å²) in [6.07, 6.45) is 7.56. The molecule has 2 aliphatic carbocycles. The van der Waals surface area contributed by atoms with Crippen LogP contribution in [0, 0.1) is 5.21 Å². The van der Waals surface area contributed by atoms with Crippen LogP contribution < -0.4 is 0 Å². The second-order valence-electron chi connectivity index (χ2n) is 7.95. The van der Waals surface area contributed by atoms with Crippen LogP contribution in [0.3, 0.4) is 0 Å². The molecule has 0 radical (unpaired) electrons. The zero-order valence-electron chi connectivity index (χ0n) is 13.0. The molecule has 0 amide bonds. The molecule has 1 aliphatic heterocycles. The highest BCUT2D eigenvalue weighted by Crippen LogP contribution is 2.46. The number of hydrogen-bond acceptors (Lipinski definition) is 1. The van der Waals surface area contributed by atoms with Crippen molar-refractivity contribution >= 4 is 0 Å². The maximum atomic E-state index is 13.3. The summed E-state index contributed by atoms with van der Waals surface area (Å²) in [5, 5.41) is 13.3. The van der Waals surface area contributed by atoms with E-state index in [1.807, 2.05) is 0 Å². The fourth-order valence-electron chi connectivity index (χ4n) is 4.61. The molecule has 0 saturated carbocycles. The summed E-state index contributed by atoms with van der Waals surface area (Å²) in [6.45, 7) is 7.74. The van der Waals surface area contributed by atoms with E-state index in [0.717, 1.165) is 0 Å². The largest absolute Gasteiger partial charge is 0.632 e. The third kappa shape index (κ3) is 1.52. The lowest BCUT2D eigenvalue weighted by atomic mass is 9.90. The summed E-state index contributed by atoms with van der Waals surface area (Å²) in [4.78, 5) is 0. The maximum Gasteiger partial charge on any atom is 0.106 e. The second-order valence-corrected chi connectivity index (χ2v) is 7.95. The molecule has 0 unspecified atom stereocenters. The van der Waals surface area contributed by atoms with Crippen molar-refractivity contribution in [3.63, 3.8) is 0 Å². The molecule has 0 bridgehead atoms. The van der Waals surface area contributed by atoms with Crippen LogP contribution in [0.5, 0.6) is 0 Å². The van der Waals surface area contributed by atoms with E-state index in [4.69, 9.17) is 0 Å². The second kappa shape index (κ2) is 3.86. The summed E-state index contributed by atoms with van der Waals surface area (Å²) in [5.74, 6) is 0. The predicted molar refractivity (Wildman–Crippen MR) is 81.3 cm³/mol. The van der Waals surface area contributed by atoms with Gasteiger partial charge in [0.05, 0.1) is 5.54 Å². The van der Waals surface area contributed by atoms with E-state index in [1.165, 1.54) is 49.7 Å². The number of hydrogen-bond donors (Lipinski definition) is 0. The lowest BCUT2D eigenvalue weighted by Gasteiger charge is -2.49. The van der Waals surface area contributed by atoms with Crippen molar-refractivity contribution in [3.05, 3.63) is 38.6 Å². The van der Waals surface area contributed by atoms with E-state index in [-0.39, 0.29) is 10.2 Å². The van der Waals surface area contributed by atoms with E-state index in [9.17, 15) is 5.21 Å². The van der Waals surface area contributed by atoms with Gasteiger partial charge in [-0.3, -0.25) is 0 Å². The van der Waals surface area contributed by atoms with Crippen molar-refractivity contribution in [2.45, 2.75) is 77.9 Å². The molecule has 0 aromatic heterocycles. The molecule has 3 aliphatic rings. The van der Waals surface area contributed by atoms with E-state index in [2.05, 4.69) is 20.8 Å². The van der Waals surface area contributed by atoms with Crippen molar-refractivity contribution in [2.75, 3.05) is 0 Å². The van der Waals surface area contributed by atoms with Crippen LogP contribution in [0.4, 0.5) is 0 Å². The quantitative estimate of drug-likeness (QED) is 0.520. The standard InChI is InChI=1S/C18H25NO/c1-18(2,3)19(20)10-16-14-8-4-6-12(14)13-7-5-9-15(13)17(16)11-19/h4-11H2,1-3H3. The van der Waals surface area contributed by atoms with Gasteiger partial charge in [0, 0.05) is 11.1 Å². The summed E-state index contributed by atoms with van der Waals surface area (Å²) in [7, 11) is 0. The van der Waals surface area contributed by atoms with E-state index < -0.39 is 0 Å². The number of rotatable bonds is 0. The first-order chi connectivity index (χ1) is 9.41. The molecule has 2 nitrogen and oxygen atoms in total. The molecule has 0 N–H and O–H groups in total. The third-order valence-corrected chi connectivity index (χ3v) is 5.94. The van der Waals surface area contributed by atoms with Crippen molar-refractivity contribution < 1.29 is 4.65 Å². The molecule has 2 heteroatoms. The molecule has 1 heterocycles. The molecule has 1 aromatic carbocycles. The molecular formula is C18H25NO. The third-order valence-electron chi connectivity index (χ3n) is 5.94. The minimum atomic E-state index is -0.212. The Morgan fingerprint density at radius 2 is 1.05 bits per heavy atom. The Bertz CT molecular complexity index is 552. The predicted octanol–water partition coefficient (Wildman–Crippen LogP) is 3.79. The van der Waals surface area contributed by atoms with Crippen molar-refractivity contribution in [1.29, 1.82) is 0 Å². The van der Waals surface area contributed by atoms with Gasteiger partial charge in [-0.25, -0.2) is 0 Å². The number of fused-ring (bicyclic) bond motifs is 6. The molecular weight excluding hydrogens is 246 g/mol. The number of quaternary nitrogens is 1. The Labute approximate surface area is 122 Å². The smallest absolute Gasteiger partial charge is 0.106 e. The lowest BCUT2D eigenvalue weighted by molar-refractivity contribution is -0.945. The van der Waals surface area contributed by atoms with Gasteiger partial charge < -0.3 is 9.85 Å². The van der Waals surface area contributed by atoms with Crippen LogP contribution in [0.25, 0.3) is 0 Å². The minimum absolute atomic E-state index is 0.0504. The topological polar surface area (TPSA) is 23.1 Å². The zero-order chi connectivity index (χ0) is 14.1. The molecule has 0 fully saturated rings. The average molecular weight is 271 g/mol. The van der Waals surface area contributed by atoms with Crippen molar-refractivity contribution in [1.82, 2.24) is 0 Å². The Hall–Kier alpha value is -0.860. The number of hydroxylamine groups is 3. The molecule has 0 spiro atoms. The Morgan fingerprint density at radius 3 is 1.40 bits per heavy atom. The van der Waals surface area contributed by atoms with Crippen LogP contribution in [0.1, 0.15) is 67.0 Å². The fraction of sp³-hybridized carbons (Fsp3) is 0.667. The van der Waals surface area contributed by atoms with Crippen LogP contribution in [0.2, 0.25) is 0 Å². The highest BCUT2D eigenvalue weighted by Gasteiger charge is 2.43. The van der Waals surface area contributed by atoms with Gasteiger partial charge in [-0.15, -0.1) is 0 Å². The van der Waals surface area contributed by atoms with Gasteiger partial charge in [-0.2, -0.15) is 0 Å². The van der Waals surface area contributed by atoms with Crippen LogP contribution in [-0.2, 0) is 38.8 Å². The van der Waals surface area contributed by atoms with E-state index in [0.29, 0.717) is 13.1 Å². The molecule has 20 heavy (non-hydrogen) atoms. The lowest BCUT2D eigenvalue weighted by Crippen LogP contribution is -2.51. The summed E-state index contributed by atoms with van der Waals surface area (Å²) in [5.41, 5.74) is 9.18. The van der Waals surface area contributed by atoms with Crippen LogP contribution in [0.15, 0.2) is 0 Å². The molecule has 0 saturated heterocycles. The number of benzene rings is 1. The minimum Gasteiger partial charge on any atom is -0.632 e. The highest BCUT2D eigenvalue weighted by molar-refractivity contribution is 5.56. The van der Waals surface area contributed by atoms with Crippen molar-refractivity contribution in [3.8, 4) is 0 Å². The highest BCUT2D eigenvalue weighted by atomic mass is 16.6. The van der Waals surface area contributed by atoms with Gasteiger partial charge in [0.25, 0.3) is 0 Å². The van der Waals surface area contributed by atoms with Gasteiger partial charge in [0.1, 0.15) is 13.1 Å². The monoisotopic (exact) mass is 271 g/mol.